The van der Waals surface area contributed by atoms with E-state index in [2.05, 4.69) is 18.4 Å². The van der Waals surface area contributed by atoms with E-state index in [1.54, 1.807) is 19.1 Å². The summed E-state index contributed by atoms with van der Waals surface area (Å²) in [6, 6.07) is 15.1. The van der Waals surface area contributed by atoms with Crippen LogP contribution in [0.2, 0.25) is 0 Å². The molecule has 0 spiro atoms. The molecule has 1 N–H and O–H groups in total. The van der Waals surface area contributed by atoms with E-state index in [1.165, 1.54) is 0 Å². The van der Waals surface area contributed by atoms with Crippen molar-refractivity contribution in [2.75, 3.05) is 0 Å². The molecule has 2 aromatic rings. The van der Waals surface area contributed by atoms with E-state index >= 15 is 0 Å². The van der Waals surface area contributed by atoms with Gasteiger partial charge in [-0.25, -0.2) is 0 Å². The zero-order valence-electron chi connectivity index (χ0n) is 17.3. The fraction of sp³-hybridized carbons (Fsp3) is 0.192. The molecule has 0 saturated heterocycles. The van der Waals surface area contributed by atoms with E-state index in [1.807, 2.05) is 67.6 Å². The molecular formula is C26H26O4. The summed E-state index contributed by atoms with van der Waals surface area (Å²) in [5.41, 5.74) is 1.83. The maximum absolute atomic E-state index is 11.0. The van der Waals surface area contributed by atoms with Crippen molar-refractivity contribution in [3.63, 3.8) is 0 Å². The average Bonchev–Trinajstić information content (AvgIpc) is 2.73. The van der Waals surface area contributed by atoms with Crippen molar-refractivity contribution >= 4 is 5.97 Å². The summed E-state index contributed by atoms with van der Waals surface area (Å²) in [7, 11) is 0. The molecule has 30 heavy (non-hydrogen) atoms. The number of carbonyl (C=O) groups is 1. The molecule has 2 aromatic carbocycles. The van der Waals surface area contributed by atoms with Crippen molar-refractivity contribution in [3.05, 3.63) is 96.3 Å². The van der Waals surface area contributed by atoms with E-state index in [-0.39, 0.29) is 12.3 Å². The Hall–Kier alpha value is -3.71. The Morgan fingerprint density at radius 2 is 1.97 bits per heavy atom. The molecule has 0 aliphatic heterocycles. The van der Waals surface area contributed by atoms with Gasteiger partial charge < -0.3 is 14.6 Å². The van der Waals surface area contributed by atoms with E-state index in [9.17, 15) is 4.79 Å². The summed E-state index contributed by atoms with van der Waals surface area (Å²) in [5.74, 6) is 6.66. The Balaban J connectivity index is 2.03. The molecule has 0 bridgehead atoms. The molecule has 2 rings (SSSR count). The molecule has 0 aliphatic rings. The van der Waals surface area contributed by atoms with Crippen LogP contribution in [0.25, 0.3) is 0 Å². The number of hydrogen-bond donors (Lipinski definition) is 1. The lowest BCUT2D eigenvalue weighted by molar-refractivity contribution is -0.137. The van der Waals surface area contributed by atoms with Gasteiger partial charge in [0.05, 0.1) is 12.3 Å². The SMILES string of the molecule is C=C/C=C(\C=C/C)Oc1cccc(COc2ccc(C(C#CC)CC(=O)O)cc2)c1. The monoisotopic (exact) mass is 402 g/mol. The van der Waals surface area contributed by atoms with Crippen molar-refractivity contribution in [2.24, 2.45) is 0 Å². The lowest BCUT2D eigenvalue weighted by atomic mass is 9.96. The van der Waals surface area contributed by atoms with Gasteiger partial charge in [0.2, 0.25) is 0 Å². The fourth-order valence-corrected chi connectivity index (χ4v) is 2.80. The quantitative estimate of drug-likeness (QED) is 0.307. The van der Waals surface area contributed by atoms with Gasteiger partial charge in [0.15, 0.2) is 0 Å². The van der Waals surface area contributed by atoms with Gasteiger partial charge in [-0.1, -0.05) is 48.9 Å². The molecule has 0 heterocycles. The van der Waals surface area contributed by atoms with E-state index in [0.29, 0.717) is 23.9 Å². The predicted molar refractivity (Wildman–Crippen MR) is 119 cm³/mol. The number of benzene rings is 2. The van der Waals surface area contributed by atoms with Gasteiger partial charge >= 0.3 is 5.97 Å². The highest BCUT2D eigenvalue weighted by molar-refractivity contribution is 5.69. The average molecular weight is 402 g/mol. The van der Waals surface area contributed by atoms with Crippen LogP contribution in [0.3, 0.4) is 0 Å². The number of aliphatic carboxylic acids is 1. The smallest absolute Gasteiger partial charge is 0.304 e. The largest absolute Gasteiger partial charge is 0.489 e. The number of rotatable bonds is 10. The molecule has 0 aliphatic carbocycles. The van der Waals surface area contributed by atoms with Crippen LogP contribution in [-0.2, 0) is 11.4 Å². The summed E-state index contributed by atoms with van der Waals surface area (Å²) in [6.07, 6.45) is 7.22. The second-order valence-electron chi connectivity index (χ2n) is 6.46. The Kier molecular flexibility index (Phi) is 9.02. The highest BCUT2D eigenvalue weighted by atomic mass is 16.5. The third-order valence-electron chi connectivity index (χ3n) is 4.13. The first kappa shape index (κ1) is 22.6. The molecule has 1 atom stereocenters. The number of ether oxygens (including phenoxy) is 2. The number of carboxylic acid groups (broad SMARTS) is 1. The lowest BCUT2D eigenvalue weighted by Gasteiger charge is -2.12. The maximum atomic E-state index is 11.0. The third-order valence-corrected chi connectivity index (χ3v) is 4.13. The van der Waals surface area contributed by atoms with Gasteiger partial charge in [0.1, 0.15) is 23.9 Å². The summed E-state index contributed by atoms with van der Waals surface area (Å²) in [4.78, 5) is 11.0. The predicted octanol–water partition coefficient (Wildman–Crippen LogP) is 5.87. The Morgan fingerprint density at radius 3 is 2.60 bits per heavy atom. The first-order valence-electron chi connectivity index (χ1n) is 9.64. The van der Waals surface area contributed by atoms with Gasteiger partial charge in [0.25, 0.3) is 0 Å². The zero-order valence-corrected chi connectivity index (χ0v) is 17.3. The minimum Gasteiger partial charge on any atom is -0.489 e. The van der Waals surface area contributed by atoms with Gasteiger partial charge in [-0.3, -0.25) is 4.79 Å². The van der Waals surface area contributed by atoms with Crippen LogP contribution in [0.4, 0.5) is 0 Å². The Bertz CT molecular complexity index is 972. The highest BCUT2D eigenvalue weighted by Gasteiger charge is 2.13. The third kappa shape index (κ3) is 7.37. The zero-order chi connectivity index (χ0) is 21.8. The fourth-order valence-electron chi connectivity index (χ4n) is 2.80. The van der Waals surface area contributed by atoms with Crippen molar-refractivity contribution in [1.29, 1.82) is 0 Å². The molecule has 4 heteroatoms. The summed E-state index contributed by atoms with van der Waals surface area (Å²) in [6.45, 7) is 7.71. The molecule has 0 radical (unpaired) electrons. The molecule has 4 nitrogen and oxygen atoms in total. The van der Waals surface area contributed by atoms with Crippen LogP contribution in [0.1, 0.15) is 37.3 Å². The van der Waals surface area contributed by atoms with Crippen LogP contribution in [-0.4, -0.2) is 11.1 Å². The topological polar surface area (TPSA) is 55.8 Å². The van der Waals surface area contributed by atoms with E-state index in [0.717, 1.165) is 11.1 Å². The van der Waals surface area contributed by atoms with Gasteiger partial charge in [-0.2, -0.15) is 0 Å². The minimum atomic E-state index is -0.870. The second kappa shape index (κ2) is 12.0. The van der Waals surface area contributed by atoms with Crippen molar-refractivity contribution < 1.29 is 19.4 Å². The van der Waals surface area contributed by atoms with Crippen LogP contribution in [0, 0.1) is 11.8 Å². The minimum absolute atomic E-state index is 0.0245. The van der Waals surface area contributed by atoms with Crippen LogP contribution < -0.4 is 9.47 Å². The second-order valence-corrected chi connectivity index (χ2v) is 6.46. The molecule has 0 aromatic heterocycles. The normalized spacial score (nSPS) is 12.0. The standard InChI is InChI=1S/C26H26O4/c1-4-8-22(18-26(27)28)21-13-15-23(16-14-21)29-19-20-11-7-12-25(17-20)30-24(9-5-2)10-6-3/h5-7,9-17,22H,2,18-19H2,1,3H3,(H,27,28)/b10-6-,24-9+. The van der Waals surface area contributed by atoms with Crippen LogP contribution in [0.5, 0.6) is 11.5 Å². The van der Waals surface area contributed by atoms with Gasteiger partial charge in [-0.05, 0) is 61.4 Å². The molecule has 0 amide bonds. The Labute approximate surface area is 178 Å². The molecular weight excluding hydrogens is 376 g/mol. The van der Waals surface area contributed by atoms with Crippen LogP contribution >= 0.6 is 0 Å². The molecule has 1 unspecified atom stereocenters. The van der Waals surface area contributed by atoms with Gasteiger partial charge in [0, 0.05) is 0 Å². The molecule has 154 valence electrons. The number of hydrogen-bond acceptors (Lipinski definition) is 3. The number of carboxylic acids is 1. The van der Waals surface area contributed by atoms with E-state index < -0.39 is 5.97 Å². The Morgan fingerprint density at radius 1 is 1.20 bits per heavy atom. The van der Waals surface area contributed by atoms with Crippen molar-refractivity contribution in [2.45, 2.75) is 32.8 Å². The first-order chi connectivity index (χ1) is 14.5. The summed E-state index contributed by atoms with van der Waals surface area (Å²) in [5, 5.41) is 9.06. The van der Waals surface area contributed by atoms with Crippen molar-refractivity contribution in [1.82, 2.24) is 0 Å². The number of allylic oxidation sites excluding steroid dienone is 4. The van der Waals surface area contributed by atoms with Crippen molar-refractivity contribution in [3.8, 4) is 23.3 Å². The summed E-state index contributed by atoms with van der Waals surface area (Å²) >= 11 is 0. The van der Waals surface area contributed by atoms with E-state index in [4.69, 9.17) is 14.6 Å². The van der Waals surface area contributed by atoms with Gasteiger partial charge in [-0.15, -0.1) is 5.92 Å². The molecule has 0 fully saturated rings. The first-order valence-corrected chi connectivity index (χ1v) is 9.64. The lowest BCUT2D eigenvalue weighted by Crippen LogP contribution is -2.04. The summed E-state index contributed by atoms with van der Waals surface area (Å²) < 4.78 is 11.7. The highest BCUT2D eigenvalue weighted by Crippen LogP contribution is 2.23. The van der Waals surface area contributed by atoms with Crippen LogP contribution in [0.15, 0.2) is 85.2 Å². The maximum Gasteiger partial charge on any atom is 0.304 e. The molecule has 0 saturated carbocycles.